The summed E-state index contributed by atoms with van der Waals surface area (Å²) in [6.07, 6.45) is 1.84. The standard InChI is InChI=1S/C19H18N6O2/c1-14-7-6-10-17(25-19(26)23(2)21-22-25)16(14)13-27-18-11-12-24(20-18)15-8-4-3-5-9-15/h3-12H,13H2,1-2H3. The highest BCUT2D eigenvalue weighted by Crippen LogP contribution is 2.20. The Labute approximate surface area is 155 Å². The number of hydrogen-bond acceptors (Lipinski definition) is 5. The molecule has 0 spiro atoms. The first kappa shape index (κ1) is 16.8. The third-order valence-electron chi connectivity index (χ3n) is 4.29. The molecule has 4 aromatic rings. The molecule has 2 aromatic carbocycles. The van der Waals surface area contributed by atoms with E-state index in [-0.39, 0.29) is 12.3 Å². The van der Waals surface area contributed by atoms with Gasteiger partial charge in [0.15, 0.2) is 0 Å². The highest BCUT2D eigenvalue weighted by atomic mass is 16.5. The second kappa shape index (κ2) is 6.91. The average molecular weight is 362 g/mol. The molecule has 2 aromatic heterocycles. The summed E-state index contributed by atoms with van der Waals surface area (Å²) in [7, 11) is 1.56. The van der Waals surface area contributed by atoms with Crippen molar-refractivity contribution >= 4 is 0 Å². The summed E-state index contributed by atoms with van der Waals surface area (Å²) >= 11 is 0. The van der Waals surface area contributed by atoms with E-state index in [1.807, 2.05) is 61.7 Å². The first-order chi connectivity index (χ1) is 13.1. The molecule has 0 fully saturated rings. The van der Waals surface area contributed by atoms with E-state index < -0.39 is 0 Å². The Hall–Kier alpha value is -3.68. The van der Waals surface area contributed by atoms with Crippen LogP contribution in [-0.4, -0.2) is 29.6 Å². The zero-order valence-electron chi connectivity index (χ0n) is 15.0. The largest absolute Gasteiger partial charge is 0.472 e. The molecule has 136 valence electrons. The van der Waals surface area contributed by atoms with Gasteiger partial charge in [0.25, 0.3) is 0 Å². The van der Waals surface area contributed by atoms with E-state index >= 15 is 0 Å². The predicted molar refractivity (Wildman–Crippen MR) is 99.2 cm³/mol. The fourth-order valence-corrected chi connectivity index (χ4v) is 2.79. The molecule has 27 heavy (non-hydrogen) atoms. The average Bonchev–Trinajstić information content (AvgIpc) is 3.29. The first-order valence-corrected chi connectivity index (χ1v) is 8.45. The van der Waals surface area contributed by atoms with Gasteiger partial charge in [-0.1, -0.05) is 30.3 Å². The van der Waals surface area contributed by atoms with Crippen molar-refractivity contribution < 1.29 is 4.74 Å². The molecule has 4 rings (SSSR count). The lowest BCUT2D eigenvalue weighted by atomic mass is 10.1. The Morgan fingerprint density at radius 3 is 2.56 bits per heavy atom. The highest BCUT2D eigenvalue weighted by molar-refractivity contribution is 5.44. The minimum Gasteiger partial charge on any atom is -0.472 e. The molecule has 0 amide bonds. The van der Waals surface area contributed by atoms with Crippen molar-refractivity contribution in [3.63, 3.8) is 0 Å². The van der Waals surface area contributed by atoms with Gasteiger partial charge in [-0.3, -0.25) is 0 Å². The molecule has 0 saturated carbocycles. The summed E-state index contributed by atoms with van der Waals surface area (Å²) in [5, 5.41) is 12.2. The molecule has 0 aliphatic heterocycles. The van der Waals surface area contributed by atoms with E-state index in [1.54, 1.807) is 17.8 Å². The van der Waals surface area contributed by atoms with Gasteiger partial charge in [0.2, 0.25) is 5.88 Å². The molecule has 0 bridgehead atoms. The fourth-order valence-electron chi connectivity index (χ4n) is 2.79. The van der Waals surface area contributed by atoms with Crippen LogP contribution in [0.25, 0.3) is 11.4 Å². The van der Waals surface area contributed by atoms with Gasteiger partial charge in [-0.2, -0.15) is 9.36 Å². The molecule has 2 heterocycles. The third-order valence-corrected chi connectivity index (χ3v) is 4.29. The Bertz CT molecular complexity index is 1130. The van der Waals surface area contributed by atoms with Crippen molar-refractivity contribution in [2.45, 2.75) is 13.5 Å². The lowest BCUT2D eigenvalue weighted by Gasteiger charge is -2.11. The molecule has 0 aliphatic rings. The third kappa shape index (κ3) is 3.24. The van der Waals surface area contributed by atoms with Crippen LogP contribution in [0, 0.1) is 6.92 Å². The summed E-state index contributed by atoms with van der Waals surface area (Å²) in [6, 6.07) is 17.3. The summed E-state index contributed by atoms with van der Waals surface area (Å²) in [4.78, 5) is 12.2. The SMILES string of the molecule is Cc1cccc(-n2nnn(C)c2=O)c1COc1ccn(-c2ccccc2)n1. The Kier molecular flexibility index (Phi) is 4.29. The van der Waals surface area contributed by atoms with Gasteiger partial charge in [-0.05, 0) is 41.1 Å². The molecular formula is C19H18N6O2. The number of rotatable bonds is 5. The molecule has 8 heteroatoms. The molecule has 8 nitrogen and oxygen atoms in total. The van der Waals surface area contributed by atoms with Gasteiger partial charge < -0.3 is 4.74 Å². The lowest BCUT2D eigenvalue weighted by molar-refractivity contribution is 0.290. The number of aryl methyl sites for hydroxylation is 2. The van der Waals surface area contributed by atoms with E-state index in [2.05, 4.69) is 15.5 Å². The monoisotopic (exact) mass is 362 g/mol. The summed E-state index contributed by atoms with van der Waals surface area (Å²) in [5.74, 6) is 0.500. The zero-order chi connectivity index (χ0) is 18.8. The van der Waals surface area contributed by atoms with Gasteiger partial charge in [0.05, 0.1) is 11.4 Å². The number of aromatic nitrogens is 6. The van der Waals surface area contributed by atoms with Gasteiger partial charge in [0, 0.05) is 24.9 Å². The predicted octanol–water partition coefficient (Wildman–Crippen LogP) is 2.04. The quantitative estimate of drug-likeness (QED) is 0.543. The lowest BCUT2D eigenvalue weighted by Crippen LogP contribution is -2.23. The molecule has 0 radical (unpaired) electrons. The molecular weight excluding hydrogens is 344 g/mol. The van der Waals surface area contributed by atoms with Crippen LogP contribution in [0.2, 0.25) is 0 Å². The van der Waals surface area contributed by atoms with Gasteiger partial charge >= 0.3 is 5.69 Å². The second-order valence-electron chi connectivity index (χ2n) is 6.09. The van der Waals surface area contributed by atoms with Gasteiger partial charge in [0.1, 0.15) is 6.61 Å². The smallest absolute Gasteiger partial charge is 0.368 e. The summed E-state index contributed by atoms with van der Waals surface area (Å²) in [5.41, 5.74) is 3.14. The maximum atomic E-state index is 12.2. The van der Waals surface area contributed by atoms with Gasteiger partial charge in [-0.25, -0.2) is 9.48 Å². The highest BCUT2D eigenvalue weighted by Gasteiger charge is 2.14. The van der Waals surface area contributed by atoms with E-state index in [4.69, 9.17) is 4.74 Å². The van der Waals surface area contributed by atoms with Crippen molar-refractivity contribution in [3.8, 4) is 17.3 Å². The molecule has 0 unspecified atom stereocenters. The molecule has 0 N–H and O–H groups in total. The Morgan fingerprint density at radius 1 is 1.00 bits per heavy atom. The Balaban J connectivity index is 1.60. The van der Waals surface area contributed by atoms with Crippen LogP contribution in [-0.2, 0) is 13.7 Å². The van der Waals surface area contributed by atoms with Crippen LogP contribution in [0.5, 0.6) is 5.88 Å². The first-order valence-electron chi connectivity index (χ1n) is 8.45. The van der Waals surface area contributed by atoms with Crippen LogP contribution in [0.15, 0.2) is 65.6 Å². The van der Waals surface area contributed by atoms with Crippen LogP contribution in [0.1, 0.15) is 11.1 Å². The van der Waals surface area contributed by atoms with Crippen LogP contribution in [0.3, 0.4) is 0 Å². The van der Waals surface area contributed by atoms with Crippen LogP contribution < -0.4 is 10.4 Å². The van der Waals surface area contributed by atoms with E-state index in [0.29, 0.717) is 11.6 Å². The van der Waals surface area contributed by atoms with Crippen LogP contribution in [0.4, 0.5) is 0 Å². The van der Waals surface area contributed by atoms with Crippen LogP contribution >= 0.6 is 0 Å². The van der Waals surface area contributed by atoms with E-state index in [0.717, 1.165) is 16.8 Å². The maximum Gasteiger partial charge on any atom is 0.368 e. The summed E-state index contributed by atoms with van der Waals surface area (Å²) in [6.45, 7) is 2.23. The normalized spacial score (nSPS) is 10.9. The molecule has 0 atom stereocenters. The van der Waals surface area contributed by atoms with Crippen molar-refractivity contribution in [2.24, 2.45) is 7.05 Å². The molecule has 0 saturated heterocycles. The minimum absolute atomic E-state index is 0.261. The van der Waals surface area contributed by atoms with Crippen molar-refractivity contribution in [2.75, 3.05) is 0 Å². The number of hydrogen-bond donors (Lipinski definition) is 0. The second-order valence-corrected chi connectivity index (χ2v) is 6.09. The number of nitrogens with zero attached hydrogens (tertiary/aromatic N) is 6. The zero-order valence-corrected chi connectivity index (χ0v) is 15.0. The molecule has 0 aliphatic carbocycles. The van der Waals surface area contributed by atoms with Crippen molar-refractivity contribution in [1.29, 1.82) is 0 Å². The number of benzene rings is 2. The van der Waals surface area contributed by atoms with E-state index in [1.165, 1.54) is 9.36 Å². The minimum atomic E-state index is -0.310. The van der Waals surface area contributed by atoms with Crippen molar-refractivity contribution in [1.82, 2.24) is 29.6 Å². The Morgan fingerprint density at radius 2 is 1.81 bits per heavy atom. The van der Waals surface area contributed by atoms with E-state index in [9.17, 15) is 4.79 Å². The maximum absolute atomic E-state index is 12.2. The number of para-hydroxylation sites is 1. The topological polar surface area (TPSA) is 79.8 Å². The number of ether oxygens (including phenoxy) is 1. The van der Waals surface area contributed by atoms with Gasteiger partial charge in [-0.15, -0.1) is 5.10 Å². The van der Waals surface area contributed by atoms with Crippen molar-refractivity contribution in [3.05, 3.63) is 82.4 Å². The fraction of sp³-hybridized carbons (Fsp3) is 0.158. The number of tetrazole rings is 1. The summed E-state index contributed by atoms with van der Waals surface area (Å²) < 4.78 is 10.1.